The van der Waals surface area contributed by atoms with E-state index in [2.05, 4.69) is 19.9 Å². The molecule has 0 radical (unpaired) electrons. The molecule has 0 aliphatic carbocycles. The fourth-order valence-electron chi connectivity index (χ4n) is 2.79. The predicted molar refractivity (Wildman–Crippen MR) is 123 cm³/mol. The van der Waals surface area contributed by atoms with E-state index in [-0.39, 0.29) is 27.2 Å². The average molecular weight is 497 g/mol. The van der Waals surface area contributed by atoms with Crippen LogP contribution in [0.4, 0.5) is 13.2 Å². The first-order valence-electron chi connectivity index (χ1n) is 9.77. The molecular formula is C22H23F3N4O4S. The molecule has 12 heteroatoms. The molecule has 0 bridgehead atoms. The van der Waals surface area contributed by atoms with Gasteiger partial charge in [0.05, 0.1) is 12.0 Å². The van der Waals surface area contributed by atoms with Gasteiger partial charge in [0.15, 0.2) is 0 Å². The molecule has 0 saturated heterocycles. The van der Waals surface area contributed by atoms with E-state index < -0.39 is 12.1 Å². The van der Waals surface area contributed by atoms with Gasteiger partial charge in [-0.25, -0.2) is 9.78 Å². The Balaban J connectivity index is 0.000000509. The number of imidazole rings is 1. The summed E-state index contributed by atoms with van der Waals surface area (Å²) in [6.45, 7) is 6.14. The maximum atomic E-state index is 12.5. The smallest absolute Gasteiger partial charge is 0.475 e. The van der Waals surface area contributed by atoms with Crippen LogP contribution in [0.15, 0.2) is 45.1 Å². The van der Waals surface area contributed by atoms with E-state index in [1.807, 2.05) is 51.3 Å². The number of aliphatic carboxylic acids is 1. The van der Waals surface area contributed by atoms with Crippen LogP contribution < -0.4 is 21.8 Å². The van der Waals surface area contributed by atoms with Crippen molar-refractivity contribution >= 4 is 29.9 Å². The number of nitrogens with zero attached hydrogens (tertiary/aromatic N) is 1. The lowest BCUT2D eigenvalue weighted by Gasteiger charge is -2.16. The number of aromatic amines is 3. The minimum atomic E-state index is -5.08. The molecule has 1 aromatic carbocycles. The summed E-state index contributed by atoms with van der Waals surface area (Å²) in [7, 11) is 0. The summed E-state index contributed by atoms with van der Waals surface area (Å²) in [4.78, 5) is 47.6. The third-order valence-electron chi connectivity index (χ3n) is 4.37. The number of hydrogen-bond donors (Lipinski definition) is 4. The van der Waals surface area contributed by atoms with E-state index in [4.69, 9.17) is 9.90 Å². The van der Waals surface area contributed by atoms with E-state index in [0.29, 0.717) is 5.69 Å². The van der Waals surface area contributed by atoms with Crippen LogP contribution in [0.5, 0.6) is 0 Å². The molecule has 0 amide bonds. The SMILES string of the molecule is CSc1ccccc1/C=c1\[nH]c(=O)/c(=C/c2nc[nH]c2C(C)(C)C)[nH]c1=O.O=C(O)C(F)(F)F. The van der Waals surface area contributed by atoms with Crippen molar-refractivity contribution in [2.24, 2.45) is 0 Å². The normalized spacial score (nSPS) is 12.9. The molecule has 3 aromatic rings. The minimum absolute atomic E-state index is 0.162. The molecule has 0 fully saturated rings. The topological polar surface area (TPSA) is 132 Å². The van der Waals surface area contributed by atoms with Crippen LogP contribution in [-0.4, -0.2) is 43.4 Å². The van der Waals surface area contributed by atoms with E-state index in [0.717, 1.165) is 16.2 Å². The van der Waals surface area contributed by atoms with Crippen LogP contribution in [0.3, 0.4) is 0 Å². The molecule has 0 aliphatic heterocycles. The van der Waals surface area contributed by atoms with E-state index in [1.165, 1.54) is 0 Å². The summed E-state index contributed by atoms with van der Waals surface area (Å²) in [5.74, 6) is -2.76. The second kappa shape index (κ2) is 10.6. The highest BCUT2D eigenvalue weighted by molar-refractivity contribution is 7.98. The van der Waals surface area contributed by atoms with Crippen molar-refractivity contribution < 1.29 is 23.1 Å². The molecule has 8 nitrogen and oxygen atoms in total. The monoisotopic (exact) mass is 496 g/mol. The van der Waals surface area contributed by atoms with Crippen molar-refractivity contribution in [3.05, 3.63) is 78.9 Å². The van der Waals surface area contributed by atoms with Gasteiger partial charge >= 0.3 is 12.1 Å². The van der Waals surface area contributed by atoms with Crippen LogP contribution in [0, 0.1) is 0 Å². The Morgan fingerprint density at radius 1 is 1.03 bits per heavy atom. The number of carboxylic acids is 1. The number of halogens is 3. The van der Waals surface area contributed by atoms with Crippen LogP contribution in [0.25, 0.3) is 12.2 Å². The number of nitrogens with one attached hydrogen (secondary N) is 3. The molecule has 34 heavy (non-hydrogen) atoms. The second-order valence-corrected chi connectivity index (χ2v) is 8.83. The Hall–Kier alpha value is -3.54. The lowest BCUT2D eigenvalue weighted by molar-refractivity contribution is -0.192. The molecule has 4 N–H and O–H groups in total. The van der Waals surface area contributed by atoms with Crippen molar-refractivity contribution in [1.82, 2.24) is 19.9 Å². The van der Waals surface area contributed by atoms with Crippen LogP contribution in [0.2, 0.25) is 0 Å². The highest BCUT2D eigenvalue weighted by Gasteiger charge is 2.38. The lowest BCUT2D eigenvalue weighted by Crippen LogP contribution is -2.46. The van der Waals surface area contributed by atoms with Crippen molar-refractivity contribution in [2.75, 3.05) is 6.26 Å². The summed E-state index contributed by atoms with van der Waals surface area (Å²) in [5.41, 5.74) is 1.52. The van der Waals surface area contributed by atoms with E-state index in [1.54, 1.807) is 30.2 Å². The largest absolute Gasteiger partial charge is 0.490 e. The zero-order valence-electron chi connectivity index (χ0n) is 18.7. The van der Waals surface area contributed by atoms with Crippen LogP contribution in [-0.2, 0) is 10.2 Å². The van der Waals surface area contributed by atoms with Gasteiger partial charge in [-0.2, -0.15) is 13.2 Å². The first-order valence-corrected chi connectivity index (χ1v) is 11.0. The molecule has 0 aliphatic rings. The van der Waals surface area contributed by atoms with Gasteiger partial charge in [-0.05, 0) is 30.0 Å². The Labute approximate surface area is 195 Å². The molecule has 0 atom stereocenters. The van der Waals surface area contributed by atoms with Gasteiger partial charge in [0.25, 0.3) is 11.1 Å². The number of thioether (sulfide) groups is 1. The second-order valence-electron chi connectivity index (χ2n) is 7.98. The summed E-state index contributed by atoms with van der Waals surface area (Å²) < 4.78 is 31.7. The standard InChI is InChI=1S/C20H22N4O2S.C2HF3O2/c1-20(2,3)17-13(21-11-22-17)10-15-19(26)23-14(18(25)24-15)9-12-7-5-6-8-16(12)27-4;3-2(4,5)1(6)7/h5-11H,1-4H3,(H,21,22)(H,23,26)(H,24,25);(H,6,7)/b14-9-,15-10-;. The maximum Gasteiger partial charge on any atom is 0.490 e. The molecule has 0 unspecified atom stereocenters. The zero-order chi connectivity index (χ0) is 25.7. The number of carboxylic acid groups (broad SMARTS) is 1. The number of hydrogen-bond acceptors (Lipinski definition) is 5. The van der Waals surface area contributed by atoms with Gasteiger partial charge in [-0.3, -0.25) is 9.59 Å². The number of carbonyl (C=O) groups is 1. The van der Waals surface area contributed by atoms with Crippen molar-refractivity contribution in [1.29, 1.82) is 0 Å². The van der Waals surface area contributed by atoms with E-state index in [9.17, 15) is 22.8 Å². The molecule has 2 heterocycles. The van der Waals surface area contributed by atoms with Crippen molar-refractivity contribution in [3.8, 4) is 0 Å². The molecule has 182 valence electrons. The molecule has 2 aromatic heterocycles. The van der Waals surface area contributed by atoms with Crippen LogP contribution >= 0.6 is 11.8 Å². The first kappa shape index (κ1) is 26.7. The summed E-state index contributed by atoms with van der Waals surface area (Å²) in [6.07, 6.45) is 1.75. The Morgan fingerprint density at radius 3 is 2.06 bits per heavy atom. The lowest BCUT2D eigenvalue weighted by atomic mass is 9.90. The van der Waals surface area contributed by atoms with Gasteiger partial charge in [-0.1, -0.05) is 39.0 Å². The highest BCUT2D eigenvalue weighted by atomic mass is 32.2. The number of alkyl halides is 3. The van der Waals surface area contributed by atoms with Gasteiger partial charge in [0, 0.05) is 16.0 Å². The van der Waals surface area contributed by atoms with Crippen molar-refractivity contribution in [2.45, 2.75) is 37.3 Å². The third kappa shape index (κ3) is 6.98. The third-order valence-corrected chi connectivity index (χ3v) is 5.18. The molecule has 0 saturated carbocycles. The van der Waals surface area contributed by atoms with Gasteiger partial charge in [0.1, 0.15) is 10.7 Å². The summed E-state index contributed by atoms with van der Waals surface area (Å²) >= 11 is 1.58. The van der Waals surface area contributed by atoms with Crippen molar-refractivity contribution in [3.63, 3.8) is 0 Å². The number of aromatic nitrogens is 4. The Morgan fingerprint density at radius 2 is 1.56 bits per heavy atom. The molecule has 0 spiro atoms. The van der Waals surface area contributed by atoms with E-state index >= 15 is 0 Å². The average Bonchev–Trinajstić information content (AvgIpc) is 3.20. The Bertz CT molecular complexity index is 1400. The van der Waals surface area contributed by atoms with Crippen LogP contribution in [0.1, 0.15) is 37.7 Å². The summed E-state index contributed by atoms with van der Waals surface area (Å²) in [6, 6.07) is 7.70. The number of H-pyrrole nitrogens is 3. The highest BCUT2D eigenvalue weighted by Crippen LogP contribution is 2.23. The Kier molecular flexibility index (Phi) is 8.32. The fraction of sp³-hybridized carbons (Fsp3) is 0.273. The van der Waals surface area contributed by atoms with Gasteiger partial charge < -0.3 is 20.1 Å². The first-order chi connectivity index (χ1) is 15.7. The zero-order valence-corrected chi connectivity index (χ0v) is 19.5. The quantitative estimate of drug-likeness (QED) is 0.411. The fourth-order valence-corrected chi connectivity index (χ4v) is 3.37. The summed E-state index contributed by atoms with van der Waals surface area (Å²) in [5, 5.41) is 7.52. The molecule has 3 rings (SSSR count). The maximum absolute atomic E-state index is 12.5. The number of rotatable bonds is 3. The predicted octanol–water partition coefficient (Wildman–Crippen LogP) is 2.10. The minimum Gasteiger partial charge on any atom is -0.475 e. The van der Waals surface area contributed by atoms with Gasteiger partial charge in [0.2, 0.25) is 0 Å². The van der Waals surface area contributed by atoms with Gasteiger partial charge in [-0.15, -0.1) is 11.8 Å². The number of benzene rings is 1. The molecular weight excluding hydrogens is 473 g/mol.